The predicted octanol–water partition coefficient (Wildman–Crippen LogP) is 1.11. The minimum atomic E-state index is 0.739. The smallest absolute Gasteiger partial charge is 0.110 e. The molecule has 96 valence electrons. The van der Waals surface area contributed by atoms with Gasteiger partial charge >= 0.3 is 0 Å². The molecule has 0 amide bonds. The van der Waals surface area contributed by atoms with E-state index in [-0.39, 0.29) is 0 Å². The van der Waals surface area contributed by atoms with Gasteiger partial charge in [-0.2, -0.15) is 5.10 Å². The van der Waals surface area contributed by atoms with E-state index in [0.717, 1.165) is 31.4 Å². The van der Waals surface area contributed by atoms with Crippen LogP contribution in [0.4, 0.5) is 0 Å². The summed E-state index contributed by atoms with van der Waals surface area (Å²) in [5.74, 6) is 1.10. The Balaban J connectivity index is 1.58. The highest BCUT2D eigenvalue weighted by Crippen LogP contribution is 2.19. The molecule has 1 N–H and O–H groups in total. The number of nitrogens with one attached hydrogen (secondary N) is 1. The summed E-state index contributed by atoms with van der Waals surface area (Å²) in [4.78, 5) is 4.34. The minimum absolute atomic E-state index is 0.739. The zero-order valence-electron chi connectivity index (χ0n) is 10.7. The topological polar surface area (TPSA) is 47.7 Å². The van der Waals surface area contributed by atoms with Crippen LogP contribution in [0.2, 0.25) is 0 Å². The third-order valence-electron chi connectivity index (χ3n) is 3.42. The Labute approximate surface area is 107 Å². The summed E-state index contributed by atoms with van der Waals surface area (Å²) in [7, 11) is 2.03. The lowest BCUT2D eigenvalue weighted by Crippen LogP contribution is -2.19. The Morgan fingerprint density at radius 2 is 2.28 bits per heavy atom. The molecule has 0 radical (unpaired) electrons. The fourth-order valence-electron chi connectivity index (χ4n) is 2.09. The van der Waals surface area contributed by atoms with Gasteiger partial charge < -0.3 is 9.88 Å². The van der Waals surface area contributed by atoms with Crippen molar-refractivity contribution in [3.8, 4) is 0 Å². The molecule has 1 saturated carbocycles. The van der Waals surface area contributed by atoms with E-state index in [1.54, 1.807) is 0 Å². The molecule has 0 aromatic carbocycles. The summed E-state index contributed by atoms with van der Waals surface area (Å²) in [6.07, 6.45) is 9.26. The summed E-state index contributed by atoms with van der Waals surface area (Å²) in [6, 6.07) is 2.83. The molecule has 2 aromatic rings. The van der Waals surface area contributed by atoms with Crippen LogP contribution in [0.1, 0.15) is 24.4 Å². The average Bonchev–Trinajstić information content (AvgIpc) is 2.94. The van der Waals surface area contributed by atoms with Gasteiger partial charge in [-0.1, -0.05) is 0 Å². The van der Waals surface area contributed by atoms with Crippen LogP contribution in [0.5, 0.6) is 0 Å². The molecule has 1 aliphatic rings. The van der Waals surface area contributed by atoms with Gasteiger partial charge in [0.05, 0.1) is 5.69 Å². The first kappa shape index (κ1) is 11.5. The maximum absolute atomic E-state index is 4.38. The van der Waals surface area contributed by atoms with Crippen molar-refractivity contribution < 1.29 is 0 Å². The van der Waals surface area contributed by atoms with E-state index in [0.29, 0.717) is 0 Å². The molecule has 0 aliphatic heterocycles. The van der Waals surface area contributed by atoms with Gasteiger partial charge in [0.25, 0.3) is 0 Å². The number of aromatic nitrogens is 4. The van der Waals surface area contributed by atoms with Gasteiger partial charge in [-0.05, 0) is 18.9 Å². The van der Waals surface area contributed by atoms with Gasteiger partial charge in [0.1, 0.15) is 5.82 Å². The summed E-state index contributed by atoms with van der Waals surface area (Å²) >= 11 is 0. The average molecular weight is 245 g/mol. The molecule has 1 fully saturated rings. The second kappa shape index (κ2) is 4.94. The summed E-state index contributed by atoms with van der Waals surface area (Å²) in [5.41, 5.74) is 1.26. The first-order chi connectivity index (χ1) is 8.83. The summed E-state index contributed by atoms with van der Waals surface area (Å²) < 4.78 is 4.13. The Bertz CT molecular complexity index is 509. The number of hydrogen-bond acceptors (Lipinski definition) is 3. The molecule has 2 aromatic heterocycles. The SMILES string of the molecule is Cn1ccnc1CCn1nccc1CNC1CC1. The van der Waals surface area contributed by atoms with Crippen molar-refractivity contribution >= 4 is 0 Å². The van der Waals surface area contributed by atoms with Gasteiger partial charge in [-0.25, -0.2) is 4.98 Å². The Kier molecular flexibility index (Phi) is 3.15. The first-order valence-electron chi connectivity index (χ1n) is 6.53. The normalized spacial score (nSPS) is 15.2. The monoisotopic (exact) mass is 245 g/mol. The molecule has 5 heteroatoms. The largest absolute Gasteiger partial charge is 0.338 e. The Morgan fingerprint density at radius 3 is 3.00 bits per heavy atom. The highest BCUT2D eigenvalue weighted by atomic mass is 15.3. The van der Waals surface area contributed by atoms with Gasteiger partial charge in [0.2, 0.25) is 0 Å². The van der Waals surface area contributed by atoms with E-state index in [1.165, 1.54) is 18.5 Å². The lowest BCUT2D eigenvalue weighted by Gasteiger charge is -2.08. The summed E-state index contributed by atoms with van der Waals surface area (Å²) in [5, 5.41) is 7.91. The lowest BCUT2D eigenvalue weighted by atomic mass is 10.3. The van der Waals surface area contributed by atoms with Crippen molar-refractivity contribution in [3.05, 3.63) is 36.2 Å². The van der Waals surface area contributed by atoms with E-state index in [4.69, 9.17) is 0 Å². The molecule has 0 unspecified atom stereocenters. The molecular weight excluding hydrogens is 226 g/mol. The van der Waals surface area contributed by atoms with Crippen LogP contribution < -0.4 is 5.32 Å². The van der Waals surface area contributed by atoms with Crippen LogP contribution in [-0.2, 0) is 26.6 Å². The minimum Gasteiger partial charge on any atom is -0.338 e. The van der Waals surface area contributed by atoms with Crippen LogP contribution >= 0.6 is 0 Å². The molecule has 0 spiro atoms. The maximum atomic E-state index is 4.38. The zero-order valence-corrected chi connectivity index (χ0v) is 10.7. The van der Waals surface area contributed by atoms with Crippen LogP contribution in [0.15, 0.2) is 24.7 Å². The Hall–Kier alpha value is -1.62. The van der Waals surface area contributed by atoms with Gasteiger partial charge in [0.15, 0.2) is 0 Å². The van der Waals surface area contributed by atoms with Crippen molar-refractivity contribution in [3.63, 3.8) is 0 Å². The second-order valence-electron chi connectivity index (χ2n) is 4.91. The summed E-state index contributed by atoms with van der Waals surface area (Å²) in [6.45, 7) is 1.81. The molecule has 5 nitrogen and oxygen atoms in total. The van der Waals surface area contributed by atoms with E-state index in [9.17, 15) is 0 Å². The molecule has 0 atom stereocenters. The molecule has 18 heavy (non-hydrogen) atoms. The van der Waals surface area contributed by atoms with Crippen LogP contribution in [0, 0.1) is 0 Å². The molecule has 0 bridgehead atoms. The zero-order chi connectivity index (χ0) is 12.4. The first-order valence-corrected chi connectivity index (χ1v) is 6.53. The maximum Gasteiger partial charge on any atom is 0.110 e. The highest BCUT2D eigenvalue weighted by molar-refractivity contribution is 5.02. The third kappa shape index (κ3) is 2.61. The number of hydrogen-bond donors (Lipinski definition) is 1. The van der Waals surface area contributed by atoms with Gasteiger partial charge in [-0.15, -0.1) is 0 Å². The number of rotatable bonds is 6. The molecular formula is C13H19N5. The number of imidazole rings is 1. The fourth-order valence-corrected chi connectivity index (χ4v) is 2.09. The van der Waals surface area contributed by atoms with Crippen molar-refractivity contribution in [1.29, 1.82) is 0 Å². The lowest BCUT2D eigenvalue weighted by molar-refractivity contribution is 0.543. The number of aryl methyl sites for hydroxylation is 3. The van der Waals surface area contributed by atoms with E-state index in [1.807, 2.05) is 25.6 Å². The van der Waals surface area contributed by atoms with Crippen LogP contribution in [0.3, 0.4) is 0 Å². The molecule has 0 saturated heterocycles. The van der Waals surface area contributed by atoms with Gasteiger partial charge in [-0.3, -0.25) is 4.68 Å². The van der Waals surface area contributed by atoms with Crippen molar-refractivity contribution in [2.24, 2.45) is 7.05 Å². The van der Waals surface area contributed by atoms with Crippen LogP contribution in [0.25, 0.3) is 0 Å². The van der Waals surface area contributed by atoms with E-state index in [2.05, 4.69) is 30.7 Å². The van der Waals surface area contributed by atoms with E-state index < -0.39 is 0 Å². The van der Waals surface area contributed by atoms with Crippen molar-refractivity contribution in [2.75, 3.05) is 0 Å². The Morgan fingerprint density at radius 1 is 1.39 bits per heavy atom. The predicted molar refractivity (Wildman–Crippen MR) is 69.0 cm³/mol. The third-order valence-corrected chi connectivity index (χ3v) is 3.42. The fraction of sp³-hybridized carbons (Fsp3) is 0.538. The van der Waals surface area contributed by atoms with Gasteiger partial charge in [0, 0.05) is 51.2 Å². The van der Waals surface area contributed by atoms with Crippen molar-refractivity contribution in [1.82, 2.24) is 24.6 Å². The second-order valence-corrected chi connectivity index (χ2v) is 4.91. The van der Waals surface area contributed by atoms with Crippen molar-refractivity contribution in [2.45, 2.75) is 38.4 Å². The molecule has 2 heterocycles. The quantitative estimate of drug-likeness (QED) is 0.829. The number of nitrogens with zero attached hydrogens (tertiary/aromatic N) is 4. The highest BCUT2D eigenvalue weighted by Gasteiger charge is 2.20. The molecule has 1 aliphatic carbocycles. The standard InChI is InChI=1S/C13H19N5/c1-17-9-7-14-13(17)5-8-18-12(4-6-16-18)10-15-11-2-3-11/h4,6-7,9,11,15H,2-3,5,8,10H2,1H3. The van der Waals surface area contributed by atoms with Crippen LogP contribution in [-0.4, -0.2) is 25.4 Å². The van der Waals surface area contributed by atoms with E-state index >= 15 is 0 Å². The molecule has 3 rings (SSSR count).